The summed E-state index contributed by atoms with van der Waals surface area (Å²) in [6, 6.07) is 3.79. The molecule has 0 spiro atoms. The van der Waals surface area contributed by atoms with E-state index < -0.39 is 23.2 Å². The Hall–Kier alpha value is -0.100. The van der Waals surface area contributed by atoms with Crippen LogP contribution in [0.1, 0.15) is 16.8 Å². The van der Waals surface area contributed by atoms with Crippen LogP contribution in [0, 0.1) is 5.82 Å². The van der Waals surface area contributed by atoms with Crippen LogP contribution in [0.25, 0.3) is 0 Å². The first-order valence-electron chi connectivity index (χ1n) is 3.95. The molecule has 1 aromatic rings. The quantitative estimate of drug-likeness (QED) is 0.522. The highest BCUT2D eigenvalue weighted by atomic mass is 79.9. The molecule has 0 N–H and O–H groups in total. The molecular weight excluding hydrogens is 344 g/mol. The topological polar surface area (TPSA) is 0 Å². The van der Waals surface area contributed by atoms with Gasteiger partial charge >= 0.3 is 6.18 Å². The first-order valence-corrected chi connectivity index (χ1v) is 5.66. The van der Waals surface area contributed by atoms with Crippen molar-refractivity contribution in [3.8, 4) is 0 Å². The predicted molar refractivity (Wildman–Crippen MR) is 56.4 cm³/mol. The van der Waals surface area contributed by atoms with E-state index in [2.05, 4.69) is 31.9 Å². The van der Waals surface area contributed by atoms with E-state index in [0.29, 0.717) is 5.56 Å². The molecule has 0 aliphatic heterocycles. The summed E-state index contributed by atoms with van der Waals surface area (Å²) < 4.78 is 49.1. The third-order valence-electron chi connectivity index (χ3n) is 1.72. The summed E-state index contributed by atoms with van der Waals surface area (Å²) in [5.41, 5.74) is 0.389. The fourth-order valence-corrected chi connectivity index (χ4v) is 2.08. The summed E-state index contributed by atoms with van der Waals surface area (Å²) in [6.07, 6.45) is -5.22. The van der Waals surface area contributed by atoms with Gasteiger partial charge in [0, 0.05) is 4.83 Å². The van der Waals surface area contributed by atoms with Crippen molar-refractivity contribution < 1.29 is 17.6 Å². The number of alkyl halides is 4. The second-order valence-corrected chi connectivity index (χ2v) is 4.92. The molecule has 0 bridgehead atoms. The van der Waals surface area contributed by atoms with Gasteiger partial charge in [0.05, 0.1) is 10.9 Å². The Balaban J connectivity index is 2.83. The monoisotopic (exact) mass is 348 g/mol. The van der Waals surface area contributed by atoms with E-state index >= 15 is 0 Å². The zero-order chi connectivity index (χ0) is 11.6. The van der Waals surface area contributed by atoms with Crippen LogP contribution in [0.3, 0.4) is 0 Å². The van der Waals surface area contributed by atoms with E-state index in [4.69, 9.17) is 0 Å². The number of benzene rings is 1. The highest BCUT2D eigenvalue weighted by molar-refractivity contribution is 9.10. The summed E-state index contributed by atoms with van der Waals surface area (Å²) in [5, 5.41) is 0. The van der Waals surface area contributed by atoms with Crippen molar-refractivity contribution in [3.05, 3.63) is 34.1 Å². The van der Waals surface area contributed by atoms with Gasteiger partial charge in [0.2, 0.25) is 0 Å². The third kappa shape index (κ3) is 4.10. The Bertz CT molecular complexity index is 348. The van der Waals surface area contributed by atoms with Gasteiger partial charge in [-0.2, -0.15) is 13.2 Å². The number of hydrogen-bond donors (Lipinski definition) is 0. The maximum atomic E-state index is 12.8. The fraction of sp³-hybridized carbons (Fsp3) is 0.333. The molecule has 0 aromatic heterocycles. The smallest absolute Gasteiger partial charge is 0.206 e. The van der Waals surface area contributed by atoms with Gasteiger partial charge in [0.25, 0.3) is 0 Å². The number of halogens is 6. The molecule has 0 saturated carbocycles. The Morgan fingerprint density at radius 1 is 1.27 bits per heavy atom. The lowest BCUT2D eigenvalue weighted by Gasteiger charge is -2.13. The lowest BCUT2D eigenvalue weighted by atomic mass is 10.1. The predicted octanol–water partition coefficient (Wildman–Crippen LogP) is 4.98. The molecule has 0 nitrogen and oxygen atoms in total. The molecule has 15 heavy (non-hydrogen) atoms. The molecule has 1 rings (SSSR count). The highest BCUT2D eigenvalue weighted by Gasteiger charge is 2.31. The van der Waals surface area contributed by atoms with Crippen molar-refractivity contribution in [1.29, 1.82) is 0 Å². The standard InChI is InChI=1S/C9H6Br2F4/c10-6-3-5(1-2-8(6)12)7(11)4-9(13,14)15/h1-3,7H,4H2. The van der Waals surface area contributed by atoms with E-state index in [1.807, 2.05) is 0 Å². The molecule has 0 radical (unpaired) electrons. The van der Waals surface area contributed by atoms with Gasteiger partial charge in [-0.05, 0) is 33.6 Å². The molecule has 6 heteroatoms. The second-order valence-electron chi connectivity index (χ2n) is 2.96. The van der Waals surface area contributed by atoms with Gasteiger partial charge in [0.1, 0.15) is 5.82 Å². The first kappa shape index (κ1) is 13.0. The maximum absolute atomic E-state index is 12.8. The zero-order valence-corrected chi connectivity index (χ0v) is 10.5. The van der Waals surface area contributed by atoms with Crippen molar-refractivity contribution in [2.75, 3.05) is 0 Å². The molecule has 1 aromatic carbocycles. The van der Waals surface area contributed by atoms with Crippen molar-refractivity contribution in [3.63, 3.8) is 0 Å². The molecule has 0 saturated heterocycles. The minimum atomic E-state index is -4.24. The lowest BCUT2D eigenvalue weighted by Crippen LogP contribution is -2.10. The van der Waals surface area contributed by atoms with Crippen LogP contribution in [0.4, 0.5) is 17.6 Å². The number of hydrogen-bond acceptors (Lipinski definition) is 0. The number of rotatable bonds is 2. The zero-order valence-electron chi connectivity index (χ0n) is 7.28. The van der Waals surface area contributed by atoms with Gasteiger partial charge in [-0.3, -0.25) is 0 Å². The summed E-state index contributed by atoms with van der Waals surface area (Å²) in [7, 11) is 0. The van der Waals surface area contributed by atoms with E-state index in [-0.39, 0.29) is 4.47 Å². The average molecular weight is 350 g/mol. The minimum Gasteiger partial charge on any atom is -0.206 e. The Labute approximate surface area is 101 Å². The minimum absolute atomic E-state index is 0.159. The van der Waals surface area contributed by atoms with Crippen molar-refractivity contribution in [2.45, 2.75) is 17.4 Å². The van der Waals surface area contributed by atoms with Crippen LogP contribution >= 0.6 is 31.9 Å². The largest absolute Gasteiger partial charge is 0.390 e. The van der Waals surface area contributed by atoms with Gasteiger partial charge in [-0.25, -0.2) is 4.39 Å². The fourth-order valence-electron chi connectivity index (χ4n) is 1.03. The first-order chi connectivity index (χ1) is 6.79. The Morgan fingerprint density at radius 3 is 2.33 bits per heavy atom. The SMILES string of the molecule is Fc1ccc(C(Br)CC(F)(F)F)cc1Br. The molecule has 0 aliphatic rings. The van der Waals surface area contributed by atoms with E-state index in [1.165, 1.54) is 12.1 Å². The summed E-state index contributed by atoms with van der Waals surface area (Å²) in [6.45, 7) is 0. The van der Waals surface area contributed by atoms with E-state index in [9.17, 15) is 17.6 Å². The van der Waals surface area contributed by atoms with Crippen molar-refractivity contribution >= 4 is 31.9 Å². The molecule has 0 aliphatic carbocycles. The van der Waals surface area contributed by atoms with E-state index in [1.54, 1.807) is 0 Å². The molecule has 0 fully saturated rings. The molecule has 0 heterocycles. The highest BCUT2D eigenvalue weighted by Crippen LogP contribution is 2.36. The van der Waals surface area contributed by atoms with Gasteiger partial charge < -0.3 is 0 Å². The van der Waals surface area contributed by atoms with Gasteiger partial charge in [0.15, 0.2) is 0 Å². The lowest BCUT2D eigenvalue weighted by molar-refractivity contribution is -0.134. The molecular formula is C9H6Br2F4. The molecule has 1 unspecified atom stereocenters. The summed E-state index contributed by atoms with van der Waals surface area (Å²) in [4.78, 5) is -0.852. The molecule has 0 amide bonds. The van der Waals surface area contributed by atoms with Crippen molar-refractivity contribution in [2.24, 2.45) is 0 Å². The molecule has 1 atom stereocenters. The average Bonchev–Trinajstić information content (AvgIpc) is 2.06. The van der Waals surface area contributed by atoms with Crippen molar-refractivity contribution in [1.82, 2.24) is 0 Å². The van der Waals surface area contributed by atoms with Crippen LogP contribution in [0.2, 0.25) is 0 Å². The van der Waals surface area contributed by atoms with Crippen LogP contribution < -0.4 is 0 Å². The summed E-state index contributed by atoms with van der Waals surface area (Å²) >= 11 is 5.83. The Kier molecular flexibility index (Phi) is 4.17. The van der Waals surface area contributed by atoms with Crippen LogP contribution in [0.15, 0.2) is 22.7 Å². The van der Waals surface area contributed by atoms with E-state index in [0.717, 1.165) is 6.07 Å². The van der Waals surface area contributed by atoms with Crippen LogP contribution in [0.5, 0.6) is 0 Å². The van der Waals surface area contributed by atoms with Crippen LogP contribution in [-0.4, -0.2) is 6.18 Å². The Morgan fingerprint density at radius 2 is 1.87 bits per heavy atom. The summed E-state index contributed by atoms with van der Waals surface area (Å²) in [5.74, 6) is -0.495. The van der Waals surface area contributed by atoms with Gasteiger partial charge in [-0.15, -0.1) is 0 Å². The van der Waals surface area contributed by atoms with Crippen LogP contribution in [-0.2, 0) is 0 Å². The normalized spacial score (nSPS) is 14.0. The van der Waals surface area contributed by atoms with Gasteiger partial charge in [-0.1, -0.05) is 22.0 Å². The maximum Gasteiger partial charge on any atom is 0.390 e. The molecule has 84 valence electrons. The third-order valence-corrected chi connectivity index (χ3v) is 3.18. The second kappa shape index (κ2) is 4.82.